The van der Waals surface area contributed by atoms with E-state index in [-0.39, 0.29) is 5.78 Å². The maximum Gasteiger partial charge on any atom is 0.195 e. The van der Waals surface area contributed by atoms with E-state index in [4.69, 9.17) is 4.74 Å². The van der Waals surface area contributed by atoms with Gasteiger partial charge in [0.25, 0.3) is 0 Å². The average Bonchev–Trinajstić information content (AvgIpc) is 2.83. The molecule has 0 fully saturated rings. The fraction of sp³-hybridized carbons (Fsp3) is 0.133. The molecular formula is C15H14O2S. The normalized spacial score (nSPS) is 10.8. The van der Waals surface area contributed by atoms with E-state index >= 15 is 0 Å². The van der Waals surface area contributed by atoms with Crippen LogP contribution in [-0.4, -0.2) is 12.9 Å². The number of carbonyl (C=O) groups excluding carboxylic acids is 1. The monoisotopic (exact) mass is 258 g/mol. The first-order chi connectivity index (χ1) is 8.69. The fourth-order valence-electron chi connectivity index (χ4n) is 1.54. The van der Waals surface area contributed by atoms with Gasteiger partial charge in [0.2, 0.25) is 0 Å². The number of hydrogen-bond donors (Lipinski definition) is 0. The summed E-state index contributed by atoms with van der Waals surface area (Å²) in [6.45, 7) is 1.99. The third-order valence-electron chi connectivity index (χ3n) is 2.53. The molecule has 92 valence electrons. The fourth-order valence-corrected chi connectivity index (χ4v) is 2.32. The molecule has 0 atom stereocenters. The van der Waals surface area contributed by atoms with E-state index in [1.165, 1.54) is 11.3 Å². The van der Waals surface area contributed by atoms with Crippen LogP contribution >= 0.6 is 11.3 Å². The molecule has 2 nitrogen and oxygen atoms in total. The Balaban J connectivity index is 2.08. The first kappa shape index (κ1) is 12.6. The lowest BCUT2D eigenvalue weighted by Gasteiger charge is -1.98. The van der Waals surface area contributed by atoms with Crippen LogP contribution in [0.25, 0.3) is 6.08 Å². The molecule has 1 aromatic heterocycles. The van der Waals surface area contributed by atoms with Gasteiger partial charge in [-0.15, -0.1) is 11.3 Å². The molecule has 0 unspecified atom stereocenters. The molecule has 1 aromatic carbocycles. The molecule has 0 aliphatic carbocycles. The van der Waals surface area contributed by atoms with Gasteiger partial charge in [0.1, 0.15) is 5.75 Å². The van der Waals surface area contributed by atoms with E-state index in [9.17, 15) is 4.79 Å². The Morgan fingerprint density at radius 3 is 2.44 bits per heavy atom. The van der Waals surface area contributed by atoms with Gasteiger partial charge in [0, 0.05) is 4.88 Å². The second kappa shape index (κ2) is 5.65. The van der Waals surface area contributed by atoms with Gasteiger partial charge in [0.15, 0.2) is 5.78 Å². The molecular weight excluding hydrogens is 244 g/mol. The summed E-state index contributed by atoms with van der Waals surface area (Å²) in [5.41, 5.74) is 0.984. The molecule has 0 spiro atoms. The number of ether oxygens (including phenoxy) is 1. The molecule has 0 N–H and O–H groups in total. The number of aryl methyl sites for hydroxylation is 1. The highest BCUT2D eigenvalue weighted by Crippen LogP contribution is 2.17. The summed E-state index contributed by atoms with van der Waals surface area (Å²) < 4.78 is 5.08. The molecule has 0 aliphatic heterocycles. The molecule has 3 heteroatoms. The van der Waals surface area contributed by atoms with Crippen molar-refractivity contribution in [3.63, 3.8) is 0 Å². The Morgan fingerprint density at radius 2 is 1.89 bits per heavy atom. The molecule has 0 amide bonds. The van der Waals surface area contributed by atoms with Crippen LogP contribution < -0.4 is 4.74 Å². The van der Waals surface area contributed by atoms with Crippen molar-refractivity contribution in [2.45, 2.75) is 6.92 Å². The first-order valence-corrected chi connectivity index (χ1v) is 6.43. The molecule has 0 saturated heterocycles. The highest BCUT2D eigenvalue weighted by Gasteiger charge is 2.03. The summed E-state index contributed by atoms with van der Waals surface area (Å²) in [6, 6.07) is 11.4. The van der Waals surface area contributed by atoms with Crippen LogP contribution in [0.5, 0.6) is 5.75 Å². The van der Waals surface area contributed by atoms with Gasteiger partial charge in [-0.25, -0.2) is 0 Å². The largest absolute Gasteiger partial charge is 0.497 e. The van der Waals surface area contributed by atoms with Gasteiger partial charge in [-0.1, -0.05) is 18.2 Å². The molecule has 2 aromatic rings. The number of rotatable bonds is 4. The van der Waals surface area contributed by atoms with Crippen molar-refractivity contribution in [2.75, 3.05) is 7.11 Å². The zero-order valence-electron chi connectivity index (χ0n) is 10.3. The Bertz CT molecular complexity index is 564. The lowest BCUT2D eigenvalue weighted by Crippen LogP contribution is -1.88. The van der Waals surface area contributed by atoms with Gasteiger partial charge >= 0.3 is 0 Å². The molecule has 18 heavy (non-hydrogen) atoms. The van der Waals surface area contributed by atoms with Crippen LogP contribution in [0.15, 0.2) is 42.5 Å². The Hall–Kier alpha value is -1.87. The van der Waals surface area contributed by atoms with Crippen LogP contribution in [0.2, 0.25) is 0 Å². The zero-order chi connectivity index (χ0) is 13.0. The molecule has 1 heterocycles. The summed E-state index contributed by atoms with van der Waals surface area (Å²) in [5.74, 6) is 0.858. The number of benzene rings is 1. The highest BCUT2D eigenvalue weighted by molar-refractivity contribution is 7.14. The van der Waals surface area contributed by atoms with Gasteiger partial charge in [-0.2, -0.15) is 0 Å². The lowest BCUT2D eigenvalue weighted by molar-refractivity contribution is 0.105. The van der Waals surface area contributed by atoms with E-state index in [0.717, 1.165) is 21.1 Å². The molecule has 0 aliphatic rings. The van der Waals surface area contributed by atoms with Crippen LogP contribution in [0.3, 0.4) is 0 Å². The number of carbonyl (C=O) groups is 1. The van der Waals surface area contributed by atoms with Crippen molar-refractivity contribution in [2.24, 2.45) is 0 Å². The predicted molar refractivity (Wildman–Crippen MR) is 75.4 cm³/mol. The minimum Gasteiger partial charge on any atom is -0.497 e. The Kier molecular flexibility index (Phi) is 3.95. The van der Waals surface area contributed by atoms with E-state index < -0.39 is 0 Å². The van der Waals surface area contributed by atoms with Crippen LogP contribution in [0, 0.1) is 6.92 Å². The number of thiophene rings is 1. The maximum absolute atomic E-state index is 11.9. The van der Waals surface area contributed by atoms with Crippen molar-refractivity contribution < 1.29 is 9.53 Å². The standard InChI is InChI=1S/C15H14O2S/c1-11-3-10-15(18-11)14(16)9-6-12-4-7-13(17-2)8-5-12/h3-10H,1-2H3/b9-6-. The quantitative estimate of drug-likeness (QED) is 0.613. The number of allylic oxidation sites excluding steroid dienone is 1. The van der Waals surface area contributed by atoms with E-state index in [0.29, 0.717) is 0 Å². The smallest absolute Gasteiger partial charge is 0.195 e. The van der Waals surface area contributed by atoms with Crippen LogP contribution in [0.1, 0.15) is 20.1 Å². The van der Waals surface area contributed by atoms with Gasteiger partial charge in [-0.05, 0) is 42.8 Å². The second-order valence-corrected chi connectivity index (χ2v) is 5.17. The van der Waals surface area contributed by atoms with Crippen molar-refractivity contribution >= 4 is 23.2 Å². The van der Waals surface area contributed by atoms with Crippen LogP contribution in [-0.2, 0) is 0 Å². The predicted octanol–water partition coefficient (Wildman–Crippen LogP) is 3.96. The lowest BCUT2D eigenvalue weighted by atomic mass is 10.2. The number of methoxy groups -OCH3 is 1. The summed E-state index contributed by atoms with van der Waals surface area (Å²) in [5, 5.41) is 0. The summed E-state index contributed by atoms with van der Waals surface area (Å²) in [6.07, 6.45) is 3.42. The molecule has 0 saturated carbocycles. The zero-order valence-corrected chi connectivity index (χ0v) is 11.2. The summed E-state index contributed by atoms with van der Waals surface area (Å²) in [4.78, 5) is 13.8. The third kappa shape index (κ3) is 3.08. The van der Waals surface area contributed by atoms with Gasteiger partial charge < -0.3 is 4.74 Å². The first-order valence-electron chi connectivity index (χ1n) is 5.62. The van der Waals surface area contributed by atoms with Crippen molar-refractivity contribution in [1.82, 2.24) is 0 Å². The van der Waals surface area contributed by atoms with E-state index in [1.807, 2.05) is 49.4 Å². The second-order valence-electron chi connectivity index (χ2n) is 3.88. The number of ketones is 1. The van der Waals surface area contributed by atoms with Gasteiger partial charge in [0.05, 0.1) is 12.0 Å². The van der Waals surface area contributed by atoms with Gasteiger partial charge in [-0.3, -0.25) is 4.79 Å². The molecule has 0 bridgehead atoms. The SMILES string of the molecule is COc1ccc(/C=C\C(=O)c2ccc(C)s2)cc1. The van der Waals surface area contributed by atoms with Crippen molar-refractivity contribution in [3.8, 4) is 5.75 Å². The van der Waals surface area contributed by atoms with E-state index in [2.05, 4.69) is 0 Å². The Morgan fingerprint density at radius 1 is 1.17 bits per heavy atom. The summed E-state index contributed by atoms with van der Waals surface area (Å²) >= 11 is 1.52. The third-order valence-corrected chi connectivity index (χ3v) is 3.54. The van der Waals surface area contributed by atoms with Crippen LogP contribution in [0.4, 0.5) is 0 Å². The Labute approximate surface area is 111 Å². The van der Waals surface area contributed by atoms with E-state index in [1.54, 1.807) is 13.2 Å². The average molecular weight is 258 g/mol. The highest BCUT2D eigenvalue weighted by atomic mass is 32.1. The maximum atomic E-state index is 11.9. The summed E-state index contributed by atoms with van der Waals surface area (Å²) in [7, 11) is 1.63. The van der Waals surface area contributed by atoms with Crippen molar-refractivity contribution in [3.05, 3.63) is 57.8 Å². The number of hydrogen-bond acceptors (Lipinski definition) is 3. The topological polar surface area (TPSA) is 26.3 Å². The minimum absolute atomic E-state index is 0.0453. The molecule has 2 rings (SSSR count). The minimum atomic E-state index is 0.0453. The molecule has 0 radical (unpaired) electrons. The van der Waals surface area contributed by atoms with Crippen molar-refractivity contribution in [1.29, 1.82) is 0 Å².